The summed E-state index contributed by atoms with van der Waals surface area (Å²) in [5.74, 6) is 3.27. The van der Waals surface area contributed by atoms with Crippen LogP contribution in [-0.4, -0.2) is 0 Å². The molecule has 0 spiro atoms. The Morgan fingerprint density at radius 1 is 0.957 bits per heavy atom. The summed E-state index contributed by atoms with van der Waals surface area (Å²) in [6, 6.07) is 7.21. The Kier molecular flexibility index (Phi) is 7.59. The molecule has 0 nitrogen and oxygen atoms in total. The molecule has 1 saturated carbocycles. The normalized spacial score (nSPS) is 24.3. The predicted molar refractivity (Wildman–Crippen MR) is 98.2 cm³/mol. The number of hydrogen-bond donors (Lipinski definition) is 0. The summed E-state index contributed by atoms with van der Waals surface area (Å²) in [4.78, 5) is 0. The summed E-state index contributed by atoms with van der Waals surface area (Å²) in [6.07, 6.45) is 12.2. The van der Waals surface area contributed by atoms with Crippen LogP contribution >= 0.6 is 0 Å². The van der Waals surface area contributed by atoms with Crippen LogP contribution < -0.4 is 0 Å². The molecule has 2 unspecified atom stereocenters. The lowest BCUT2D eigenvalue weighted by Crippen LogP contribution is -2.21. The smallest absolute Gasteiger partial charge is 0.123 e. The molecule has 0 amide bonds. The van der Waals surface area contributed by atoms with Gasteiger partial charge in [0.05, 0.1) is 0 Å². The number of hydrogen-bond acceptors (Lipinski definition) is 0. The molecule has 0 aliphatic heterocycles. The highest BCUT2D eigenvalue weighted by molar-refractivity contribution is 5.20. The van der Waals surface area contributed by atoms with Gasteiger partial charge in [0, 0.05) is 0 Å². The van der Waals surface area contributed by atoms with Gasteiger partial charge in [-0.2, -0.15) is 0 Å². The van der Waals surface area contributed by atoms with Crippen LogP contribution in [0.2, 0.25) is 0 Å². The highest BCUT2D eigenvalue weighted by atomic mass is 19.1. The van der Waals surface area contributed by atoms with Crippen molar-refractivity contribution in [1.29, 1.82) is 0 Å². The number of rotatable bonds is 8. The van der Waals surface area contributed by atoms with E-state index in [0.29, 0.717) is 5.92 Å². The van der Waals surface area contributed by atoms with Gasteiger partial charge in [0.2, 0.25) is 0 Å². The molecule has 0 N–H and O–H groups in total. The van der Waals surface area contributed by atoms with E-state index in [1.165, 1.54) is 63.4 Å². The highest BCUT2D eigenvalue weighted by Crippen LogP contribution is 2.41. The summed E-state index contributed by atoms with van der Waals surface area (Å²) in [6.45, 7) is 7.09. The molecule has 0 aromatic heterocycles. The van der Waals surface area contributed by atoms with E-state index in [-0.39, 0.29) is 5.82 Å². The standard InChI is InChI=1S/C22H35F/c1-4-6-17(3)7-8-18(5-2)19-9-11-20(12-10-19)21-13-15-22(23)16-14-21/h13-20H,4-12H2,1-3H3. The molecule has 0 saturated heterocycles. The van der Waals surface area contributed by atoms with Crippen molar-refractivity contribution in [3.05, 3.63) is 35.6 Å². The minimum absolute atomic E-state index is 0.116. The average Bonchev–Trinajstić information content (AvgIpc) is 2.57. The molecule has 2 atom stereocenters. The van der Waals surface area contributed by atoms with E-state index >= 15 is 0 Å². The monoisotopic (exact) mass is 318 g/mol. The van der Waals surface area contributed by atoms with Gasteiger partial charge in [0.15, 0.2) is 0 Å². The van der Waals surface area contributed by atoms with Gasteiger partial charge in [-0.25, -0.2) is 4.39 Å². The number of benzene rings is 1. The molecular formula is C22H35F. The first-order chi connectivity index (χ1) is 11.1. The van der Waals surface area contributed by atoms with Gasteiger partial charge >= 0.3 is 0 Å². The lowest BCUT2D eigenvalue weighted by Gasteiger charge is -2.34. The molecule has 2 rings (SSSR count). The third-order valence-corrected chi connectivity index (χ3v) is 6.12. The minimum atomic E-state index is -0.116. The molecule has 1 aromatic carbocycles. The first-order valence-electron chi connectivity index (χ1n) is 9.89. The van der Waals surface area contributed by atoms with E-state index in [0.717, 1.165) is 17.8 Å². The van der Waals surface area contributed by atoms with Crippen LogP contribution in [0.3, 0.4) is 0 Å². The van der Waals surface area contributed by atoms with Crippen LogP contribution in [-0.2, 0) is 0 Å². The summed E-state index contributed by atoms with van der Waals surface area (Å²) in [5.41, 5.74) is 1.34. The molecular weight excluding hydrogens is 283 g/mol. The highest BCUT2D eigenvalue weighted by Gasteiger charge is 2.27. The van der Waals surface area contributed by atoms with E-state index in [2.05, 4.69) is 20.8 Å². The van der Waals surface area contributed by atoms with Gasteiger partial charge in [-0.3, -0.25) is 0 Å². The fourth-order valence-electron chi connectivity index (χ4n) is 4.57. The molecule has 23 heavy (non-hydrogen) atoms. The Bertz CT molecular complexity index is 428. The van der Waals surface area contributed by atoms with Gasteiger partial charge in [-0.05, 0) is 73.5 Å². The molecule has 1 heteroatoms. The second-order valence-electron chi connectivity index (χ2n) is 7.80. The van der Waals surface area contributed by atoms with Gasteiger partial charge in [0.25, 0.3) is 0 Å². The van der Waals surface area contributed by atoms with E-state index in [9.17, 15) is 4.39 Å². The SMILES string of the molecule is CCCC(C)CCC(CC)C1CCC(c2ccc(F)cc2)CC1. The lowest BCUT2D eigenvalue weighted by molar-refractivity contribution is 0.205. The van der Waals surface area contributed by atoms with E-state index in [1.807, 2.05) is 12.1 Å². The molecule has 1 aliphatic rings. The zero-order chi connectivity index (χ0) is 16.7. The topological polar surface area (TPSA) is 0 Å². The molecule has 0 radical (unpaired) electrons. The van der Waals surface area contributed by atoms with Crippen LogP contribution in [0.1, 0.15) is 90.0 Å². The van der Waals surface area contributed by atoms with Crippen molar-refractivity contribution in [3.63, 3.8) is 0 Å². The Balaban J connectivity index is 1.80. The largest absolute Gasteiger partial charge is 0.207 e. The van der Waals surface area contributed by atoms with Crippen LogP contribution in [0.5, 0.6) is 0 Å². The first-order valence-corrected chi connectivity index (χ1v) is 9.89. The maximum atomic E-state index is 13.1. The fourth-order valence-corrected chi connectivity index (χ4v) is 4.57. The van der Waals surface area contributed by atoms with Crippen molar-refractivity contribution in [2.24, 2.45) is 17.8 Å². The maximum Gasteiger partial charge on any atom is 0.123 e. The second kappa shape index (κ2) is 9.45. The van der Waals surface area contributed by atoms with E-state index < -0.39 is 0 Å². The summed E-state index contributed by atoms with van der Waals surface area (Å²) >= 11 is 0. The van der Waals surface area contributed by atoms with Crippen molar-refractivity contribution in [2.45, 2.75) is 84.5 Å². The molecule has 0 heterocycles. The molecule has 0 bridgehead atoms. The first kappa shape index (κ1) is 18.5. The average molecular weight is 319 g/mol. The summed E-state index contributed by atoms with van der Waals surface area (Å²) < 4.78 is 13.1. The fraction of sp³-hybridized carbons (Fsp3) is 0.727. The quantitative estimate of drug-likeness (QED) is 0.470. The van der Waals surface area contributed by atoms with E-state index in [1.54, 1.807) is 12.1 Å². The van der Waals surface area contributed by atoms with Crippen LogP contribution in [0.4, 0.5) is 4.39 Å². The van der Waals surface area contributed by atoms with Gasteiger partial charge in [0.1, 0.15) is 5.82 Å². The minimum Gasteiger partial charge on any atom is -0.207 e. The van der Waals surface area contributed by atoms with Gasteiger partial charge in [-0.15, -0.1) is 0 Å². The van der Waals surface area contributed by atoms with E-state index in [4.69, 9.17) is 0 Å². The van der Waals surface area contributed by atoms with Crippen molar-refractivity contribution < 1.29 is 4.39 Å². The zero-order valence-electron chi connectivity index (χ0n) is 15.4. The molecule has 1 aliphatic carbocycles. The van der Waals surface area contributed by atoms with Crippen molar-refractivity contribution in [1.82, 2.24) is 0 Å². The Labute approximate surface area is 142 Å². The van der Waals surface area contributed by atoms with Crippen molar-refractivity contribution in [2.75, 3.05) is 0 Å². The summed E-state index contributed by atoms with van der Waals surface area (Å²) in [7, 11) is 0. The Morgan fingerprint density at radius 3 is 2.17 bits per heavy atom. The Hall–Kier alpha value is -0.850. The Morgan fingerprint density at radius 2 is 1.61 bits per heavy atom. The molecule has 1 fully saturated rings. The third kappa shape index (κ3) is 5.62. The zero-order valence-corrected chi connectivity index (χ0v) is 15.4. The van der Waals surface area contributed by atoms with Crippen molar-refractivity contribution >= 4 is 0 Å². The van der Waals surface area contributed by atoms with Crippen LogP contribution in [0.15, 0.2) is 24.3 Å². The van der Waals surface area contributed by atoms with Gasteiger partial charge < -0.3 is 0 Å². The lowest BCUT2D eigenvalue weighted by atomic mass is 9.71. The maximum absolute atomic E-state index is 13.1. The third-order valence-electron chi connectivity index (χ3n) is 6.12. The van der Waals surface area contributed by atoms with Crippen molar-refractivity contribution in [3.8, 4) is 0 Å². The molecule has 130 valence electrons. The van der Waals surface area contributed by atoms with Gasteiger partial charge in [-0.1, -0.05) is 58.6 Å². The molecule has 1 aromatic rings. The predicted octanol–water partition coefficient (Wildman–Crippen LogP) is 7.34. The number of halogens is 1. The second-order valence-corrected chi connectivity index (χ2v) is 7.80. The van der Waals surface area contributed by atoms with Crippen LogP contribution in [0.25, 0.3) is 0 Å². The van der Waals surface area contributed by atoms with Crippen LogP contribution in [0, 0.1) is 23.6 Å². The summed E-state index contributed by atoms with van der Waals surface area (Å²) in [5, 5.41) is 0.